The van der Waals surface area contributed by atoms with Gasteiger partial charge in [0.2, 0.25) is 0 Å². The topological polar surface area (TPSA) is 92.9 Å². The van der Waals surface area contributed by atoms with Crippen molar-refractivity contribution >= 4 is 22.9 Å². The van der Waals surface area contributed by atoms with Crippen LogP contribution in [0.1, 0.15) is 33.1 Å². The molecule has 22 heavy (non-hydrogen) atoms. The minimum Gasteiger partial charge on any atom is -0.393 e. The summed E-state index contributed by atoms with van der Waals surface area (Å²) in [7, 11) is 1.59. The number of aryl methyl sites for hydroxylation is 2. The third-order valence-corrected chi connectivity index (χ3v) is 4.63. The van der Waals surface area contributed by atoms with Crippen LogP contribution in [0.5, 0.6) is 0 Å². The Morgan fingerprint density at radius 1 is 1.36 bits per heavy atom. The van der Waals surface area contributed by atoms with Gasteiger partial charge in [-0.2, -0.15) is 0 Å². The van der Waals surface area contributed by atoms with Crippen LogP contribution in [-0.4, -0.2) is 36.1 Å². The van der Waals surface area contributed by atoms with Crippen LogP contribution < -0.4 is 11.2 Å². The van der Waals surface area contributed by atoms with Crippen molar-refractivity contribution in [2.75, 3.05) is 5.75 Å². The maximum Gasteiger partial charge on any atom is 0.329 e. The summed E-state index contributed by atoms with van der Waals surface area (Å²) in [5.74, 6) is 0.489. The van der Waals surface area contributed by atoms with Gasteiger partial charge < -0.3 is 9.67 Å². The Morgan fingerprint density at radius 2 is 2.09 bits per heavy atom. The largest absolute Gasteiger partial charge is 0.393 e. The number of H-pyrrole nitrogens is 1. The van der Waals surface area contributed by atoms with Crippen molar-refractivity contribution in [2.45, 2.75) is 50.9 Å². The number of hydrogen-bond donors (Lipinski definition) is 2. The molecule has 0 aliphatic carbocycles. The van der Waals surface area contributed by atoms with Crippen LogP contribution >= 0.6 is 11.8 Å². The van der Waals surface area contributed by atoms with E-state index < -0.39 is 17.4 Å². The molecule has 0 spiro atoms. The third-order valence-electron chi connectivity index (χ3n) is 3.41. The van der Waals surface area contributed by atoms with Gasteiger partial charge >= 0.3 is 5.69 Å². The summed E-state index contributed by atoms with van der Waals surface area (Å²) >= 11 is 1.40. The van der Waals surface area contributed by atoms with E-state index in [1.165, 1.54) is 16.3 Å². The SMILES string of the molecule is CCCCCn1c(SC[C@H](C)O)nc2c1c(=O)[nH]c(=O)n2C. The zero-order chi connectivity index (χ0) is 16.3. The van der Waals surface area contributed by atoms with Crippen LogP contribution in [0, 0.1) is 0 Å². The maximum atomic E-state index is 12.2. The van der Waals surface area contributed by atoms with Crippen molar-refractivity contribution in [3.8, 4) is 0 Å². The van der Waals surface area contributed by atoms with Crippen LogP contribution in [-0.2, 0) is 13.6 Å². The van der Waals surface area contributed by atoms with E-state index in [-0.39, 0.29) is 0 Å². The Labute approximate surface area is 132 Å². The van der Waals surface area contributed by atoms with Gasteiger partial charge in [-0.3, -0.25) is 14.3 Å². The van der Waals surface area contributed by atoms with Crippen LogP contribution in [0.25, 0.3) is 11.2 Å². The summed E-state index contributed by atoms with van der Waals surface area (Å²) in [5, 5.41) is 10.1. The van der Waals surface area contributed by atoms with Crippen LogP contribution in [0.3, 0.4) is 0 Å². The van der Waals surface area contributed by atoms with Crippen molar-refractivity contribution < 1.29 is 5.11 Å². The van der Waals surface area contributed by atoms with Gasteiger partial charge in [0.25, 0.3) is 5.56 Å². The number of aliphatic hydroxyl groups excluding tert-OH is 1. The average molecular weight is 326 g/mol. The molecule has 7 nitrogen and oxygen atoms in total. The number of aliphatic hydroxyl groups is 1. The number of thioether (sulfide) groups is 1. The number of aromatic nitrogens is 4. The first-order valence-corrected chi connectivity index (χ1v) is 8.44. The molecule has 0 unspecified atom stereocenters. The minimum atomic E-state index is -0.470. The van der Waals surface area contributed by atoms with Gasteiger partial charge in [0.1, 0.15) is 0 Å². The number of fused-ring (bicyclic) bond motifs is 1. The van der Waals surface area contributed by atoms with Crippen molar-refractivity contribution in [1.29, 1.82) is 0 Å². The monoisotopic (exact) mass is 326 g/mol. The number of rotatable bonds is 7. The van der Waals surface area contributed by atoms with E-state index in [1.807, 2.05) is 4.57 Å². The van der Waals surface area contributed by atoms with Gasteiger partial charge in [-0.15, -0.1) is 0 Å². The molecule has 0 fully saturated rings. The molecule has 1 atom stereocenters. The zero-order valence-electron chi connectivity index (χ0n) is 13.1. The van der Waals surface area contributed by atoms with Crippen LogP contribution in [0.15, 0.2) is 14.7 Å². The second-order valence-electron chi connectivity index (χ2n) is 5.40. The molecule has 2 heterocycles. The Bertz CT molecular complexity index is 760. The second kappa shape index (κ2) is 7.15. The number of hydrogen-bond acceptors (Lipinski definition) is 5. The molecular weight excluding hydrogens is 304 g/mol. The molecule has 122 valence electrons. The standard InChI is InChI=1S/C14H22N4O3S/c1-4-5-6-7-18-10-11(15-14(18)22-8-9(2)19)17(3)13(21)16-12(10)20/h9,19H,4-8H2,1-3H3,(H,16,20,21)/t9-/m0/s1. The van der Waals surface area contributed by atoms with Crippen molar-refractivity contribution in [3.05, 3.63) is 20.8 Å². The molecule has 0 radical (unpaired) electrons. The second-order valence-corrected chi connectivity index (χ2v) is 6.39. The third kappa shape index (κ3) is 3.44. The van der Waals surface area contributed by atoms with E-state index in [0.717, 1.165) is 19.3 Å². The van der Waals surface area contributed by atoms with E-state index in [1.54, 1.807) is 14.0 Å². The first-order chi connectivity index (χ1) is 10.5. The number of nitrogens with zero attached hydrogens (tertiary/aromatic N) is 3. The van der Waals surface area contributed by atoms with Gasteiger partial charge in [0.15, 0.2) is 16.3 Å². The van der Waals surface area contributed by atoms with Gasteiger partial charge in [-0.25, -0.2) is 9.78 Å². The number of imidazole rings is 1. The van der Waals surface area contributed by atoms with Gasteiger partial charge in [0, 0.05) is 19.3 Å². The predicted molar refractivity (Wildman–Crippen MR) is 87.5 cm³/mol. The number of nitrogens with one attached hydrogen (secondary N) is 1. The minimum absolute atomic E-state index is 0.387. The predicted octanol–water partition coefficient (Wildman–Crippen LogP) is 1.09. The highest BCUT2D eigenvalue weighted by Gasteiger charge is 2.17. The highest BCUT2D eigenvalue weighted by molar-refractivity contribution is 7.99. The van der Waals surface area contributed by atoms with E-state index >= 15 is 0 Å². The lowest BCUT2D eigenvalue weighted by Crippen LogP contribution is -2.29. The van der Waals surface area contributed by atoms with Crippen LogP contribution in [0.4, 0.5) is 0 Å². The van der Waals surface area contributed by atoms with Crippen molar-refractivity contribution in [3.63, 3.8) is 0 Å². The first-order valence-electron chi connectivity index (χ1n) is 7.46. The van der Waals surface area contributed by atoms with Crippen molar-refractivity contribution in [2.24, 2.45) is 7.05 Å². The Balaban J connectivity index is 2.53. The summed E-state index contributed by atoms with van der Waals surface area (Å²) in [6.07, 6.45) is 2.62. The quantitative estimate of drug-likeness (QED) is 0.587. The summed E-state index contributed by atoms with van der Waals surface area (Å²) in [4.78, 5) is 30.6. The first kappa shape index (κ1) is 16.8. The Hall–Kier alpha value is -1.54. The summed E-state index contributed by atoms with van der Waals surface area (Å²) in [5.41, 5.74) is -0.0709. The van der Waals surface area contributed by atoms with E-state index in [4.69, 9.17) is 0 Å². The molecule has 2 aromatic rings. The molecule has 0 aliphatic rings. The van der Waals surface area contributed by atoms with Gasteiger partial charge in [-0.05, 0) is 13.3 Å². The lowest BCUT2D eigenvalue weighted by Gasteiger charge is -2.08. The highest BCUT2D eigenvalue weighted by Crippen LogP contribution is 2.22. The normalized spacial score (nSPS) is 12.9. The molecule has 8 heteroatoms. The fourth-order valence-corrected chi connectivity index (χ4v) is 3.13. The molecule has 2 aromatic heterocycles. The number of aromatic amines is 1. The molecular formula is C14H22N4O3S. The maximum absolute atomic E-state index is 12.2. The molecule has 2 N–H and O–H groups in total. The highest BCUT2D eigenvalue weighted by atomic mass is 32.2. The molecule has 0 saturated carbocycles. The van der Waals surface area contributed by atoms with Crippen LogP contribution in [0.2, 0.25) is 0 Å². The van der Waals surface area contributed by atoms with Gasteiger partial charge in [-0.1, -0.05) is 31.5 Å². The zero-order valence-corrected chi connectivity index (χ0v) is 13.9. The van der Waals surface area contributed by atoms with Crippen molar-refractivity contribution in [1.82, 2.24) is 19.1 Å². The molecule has 0 amide bonds. The lowest BCUT2D eigenvalue weighted by atomic mass is 10.2. The summed E-state index contributed by atoms with van der Waals surface area (Å²) in [6.45, 7) is 4.50. The van der Waals surface area contributed by atoms with E-state index in [2.05, 4.69) is 16.9 Å². The molecule has 2 rings (SSSR count). The molecule has 0 bridgehead atoms. The van der Waals surface area contributed by atoms with Gasteiger partial charge in [0.05, 0.1) is 6.10 Å². The number of unbranched alkanes of at least 4 members (excludes halogenated alkanes) is 2. The Kier molecular flexibility index (Phi) is 5.47. The molecule has 0 saturated heterocycles. The fraction of sp³-hybridized carbons (Fsp3) is 0.643. The van der Waals surface area contributed by atoms with E-state index in [9.17, 15) is 14.7 Å². The molecule has 0 aromatic carbocycles. The summed E-state index contributed by atoms with van der Waals surface area (Å²) < 4.78 is 3.20. The summed E-state index contributed by atoms with van der Waals surface area (Å²) in [6, 6.07) is 0. The molecule has 0 aliphatic heterocycles. The fourth-order valence-electron chi connectivity index (χ4n) is 2.25. The van der Waals surface area contributed by atoms with E-state index in [0.29, 0.717) is 28.6 Å². The average Bonchev–Trinajstić information content (AvgIpc) is 2.82. The Morgan fingerprint density at radius 3 is 2.73 bits per heavy atom. The smallest absolute Gasteiger partial charge is 0.329 e. The lowest BCUT2D eigenvalue weighted by molar-refractivity contribution is 0.220.